The first-order valence-corrected chi connectivity index (χ1v) is 11.0. The van der Waals surface area contributed by atoms with Crippen LogP contribution in [0.5, 0.6) is 0 Å². The molecule has 4 rings (SSSR count). The smallest absolute Gasteiger partial charge is 0.234 e. The second-order valence-electron chi connectivity index (χ2n) is 8.25. The number of aromatic nitrogens is 1. The molecule has 2 aromatic carbocycles. The summed E-state index contributed by atoms with van der Waals surface area (Å²) in [6.45, 7) is 5.76. The average molecular weight is 439 g/mol. The Labute approximate surface area is 187 Å². The number of hydrogen-bond acceptors (Lipinski definition) is 4. The average Bonchev–Trinajstić information content (AvgIpc) is 2.79. The second-order valence-corrected chi connectivity index (χ2v) is 8.25. The highest BCUT2D eigenvalue weighted by atomic mass is 19.1. The summed E-state index contributed by atoms with van der Waals surface area (Å²) in [4.78, 5) is 21.1. The van der Waals surface area contributed by atoms with E-state index in [1.165, 1.54) is 12.1 Å². The summed E-state index contributed by atoms with van der Waals surface area (Å²) in [5, 5.41) is 4.11. The molecular formula is C25H28F2N4O. The fraction of sp³-hybridized carbons (Fsp3) is 0.360. The lowest BCUT2D eigenvalue weighted by Gasteiger charge is -2.38. The van der Waals surface area contributed by atoms with Crippen LogP contribution in [-0.2, 0) is 11.2 Å². The predicted molar refractivity (Wildman–Crippen MR) is 121 cm³/mol. The summed E-state index contributed by atoms with van der Waals surface area (Å²) in [6.07, 6.45) is 2.52. The molecule has 0 saturated carbocycles. The second kappa shape index (κ2) is 10.1. The third kappa shape index (κ3) is 5.29. The minimum Gasteiger partial charge on any atom is -0.355 e. The first kappa shape index (κ1) is 22.3. The number of rotatable bonds is 7. The third-order valence-corrected chi connectivity index (χ3v) is 6.17. The summed E-state index contributed by atoms with van der Waals surface area (Å²) in [5.74, 6) is -1.07. The van der Waals surface area contributed by atoms with E-state index in [2.05, 4.69) is 20.1 Å². The molecule has 3 aromatic rings. The topological polar surface area (TPSA) is 48.5 Å². The highest BCUT2D eigenvalue weighted by Gasteiger charge is 2.24. The molecule has 1 aromatic heterocycles. The van der Waals surface area contributed by atoms with E-state index in [4.69, 9.17) is 0 Å². The van der Waals surface area contributed by atoms with Crippen molar-refractivity contribution in [3.8, 4) is 0 Å². The summed E-state index contributed by atoms with van der Waals surface area (Å²) < 4.78 is 27.3. The van der Waals surface area contributed by atoms with Gasteiger partial charge in [-0.05, 0) is 31.0 Å². The van der Waals surface area contributed by atoms with Crippen LogP contribution >= 0.6 is 0 Å². The number of amides is 1. The van der Waals surface area contributed by atoms with Gasteiger partial charge < -0.3 is 5.32 Å². The zero-order valence-electron chi connectivity index (χ0n) is 18.2. The maximum absolute atomic E-state index is 14.1. The molecule has 7 heteroatoms. The summed E-state index contributed by atoms with van der Waals surface area (Å²) in [5.41, 5.74) is 2.60. The van der Waals surface area contributed by atoms with Crippen molar-refractivity contribution in [2.24, 2.45) is 0 Å². The van der Waals surface area contributed by atoms with Gasteiger partial charge in [0.15, 0.2) is 0 Å². The van der Waals surface area contributed by atoms with Crippen LogP contribution in [0, 0.1) is 11.6 Å². The van der Waals surface area contributed by atoms with E-state index >= 15 is 0 Å². The van der Waals surface area contributed by atoms with Gasteiger partial charge in [0.25, 0.3) is 0 Å². The molecule has 5 nitrogen and oxygen atoms in total. The number of carbonyl (C=O) groups excluding carboxylic acids is 1. The number of nitrogens with zero attached hydrogens (tertiary/aromatic N) is 3. The van der Waals surface area contributed by atoms with E-state index in [1.54, 1.807) is 6.20 Å². The van der Waals surface area contributed by atoms with Crippen molar-refractivity contribution < 1.29 is 13.6 Å². The van der Waals surface area contributed by atoms with Gasteiger partial charge in [-0.3, -0.25) is 19.6 Å². The Morgan fingerprint density at radius 1 is 1.09 bits per heavy atom. The fourth-order valence-corrected chi connectivity index (χ4v) is 4.31. The van der Waals surface area contributed by atoms with Crippen LogP contribution in [0.25, 0.3) is 10.9 Å². The Balaban J connectivity index is 1.22. The Morgan fingerprint density at radius 2 is 1.88 bits per heavy atom. The maximum atomic E-state index is 14.1. The molecule has 0 aliphatic carbocycles. The molecule has 1 aliphatic heterocycles. The van der Waals surface area contributed by atoms with E-state index in [0.29, 0.717) is 18.7 Å². The Bertz CT molecular complexity index is 1080. The van der Waals surface area contributed by atoms with Gasteiger partial charge in [0, 0.05) is 62.0 Å². The molecule has 32 heavy (non-hydrogen) atoms. The molecule has 1 unspecified atom stereocenters. The van der Waals surface area contributed by atoms with Crippen molar-refractivity contribution in [1.29, 1.82) is 0 Å². The van der Waals surface area contributed by atoms with E-state index in [0.717, 1.165) is 55.1 Å². The van der Waals surface area contributed by atoms with Crippen LogP contribution in [0.15, 0.2) is 54.7 Å². The molecule has 1 N–H and O–H groups in total. The Hall–Kier alpha value is -2.90. The monoisotopic (exact) mass is 438 g/mol. The zero-order valence-corrected chi connectivity index (χ0v) is 18.2. The normalized spacial score (nSPS) is 16.2. The number of halogens is 2. The number of pyridine rings is 1. The lowest BCUT2D eigenvalue weighted by Crippen LogP contribution is -2.50. The van der Waals surface area contributed by atoms with E-state index in [9.17, 15) is 13.6 Å². The first-order chi connectivity index (χ1) is 15.5. The van der Waals surface area contributed by atoms with Crippen LogP contribution in [0.2, 0.25) is 0 Å². The van der Waals surface area contributed by atoms with Crippen molar-refractivity contribution in [2.75, 3.05) is 39.3 Å². The van der Waals surface area contributed by atoms with Gasteiger partial charge in [-0.25, -0.2) is 8.78 Å². The van der Waals surface area contributed by atoms with Gasteiger partial charge in [0.1, 0.15) is 11.6 Å². The van der Waals surface area contributed by atoms with Gasteiger partial charge in [0.05, 0.1) is 12.1 Å². The molecular weight excluding hydrogens is 410 g/mol. The molecule has 1 atom stereocenters. The van der Waals surface area contributed by atoms with Crippen LogP contribution in [0.1, 0.15) is 24.1 Å². The number of fused-ring (bicyclic) bond motifs is 1. The molecule has 0 bridgehead atoms. The van der Waals surface area contributed by atoms with Gasteiger partial charge >= 0.3 is 0 Å². The van der Waals surface area contributed by atoms with Crippen molar-refractivity contribution in [3.63, 3.8) is 0 Å². The van der Waals surface area contributed by atoms with E-state index in [-0.39, 0.29) is 11.9 Å². The molecule has 2 heterocycles. The van der Waals surface area contributed by atoms with Crippen molar-refractivity contribution >= 4 is 16.8 Å². The van der Waals surface area contributed by atoms with Gasteiger partial charge in [-0.1, -0.05) is 30.3 Å². The highest BCUT2D eigenvalue weighted by molar-refractivity contribution is 5.82. The Kier molecular flexibility index (Phi) is 7.07. The van der Waals surface area contributed by atoms with Gasteiger partial charge in [-0.15, -0.1) is 0 Å². The van der Waals surface area contributed by atoms with Gasteiger partial charge in [-0.2, -0.15) is 0 Å². The van der Waals surface area contributed by atoms with Gasteiger partial charge in [0.2, 0.25) is 5.91 Å². The fourth-order valence-electron chi connectivity index (χ4n) is 4.31. The van der Waals surface area contributed by atoms with E-state index in [1.807, 2.05) is 37.3 Å². The number of para-hydroxylation sites is 1. The Morgan fingerprint density at radius 3 is 2.66 bits per heavy atom. The maximum Gasteiger partial charge on any atom is 0.234 e. The zero-order chi connectivity index (χ0) is 22.5. The minimum atomic E-state index is -0.564. The molecule has 1 fully saturated rings. The summed E-state index contributed by atoms with van der Waals surface area (Å²) >= 11 is 0. The minimum absolute atomic E-state index is 0.00396. The number of piperazine rings is 1. The SMILES string of the molecule is CC(c1ccc(F)cc1F)N1CCN(CC(=O)NCCc2cccc3cccnc23)CC1. The van der Waals surface area contributed by atoms with Crippen LogP contribution < -0.4 is 5.32 Å². The van der Waals surface area contributed by atoms with E-state index < -0.39 is 11.6 Å². The molecule has 168 valence electrons. The largest absolute Gasteiger partial charge is 0.355 e. The standard InChI is InChI=1S/C25H28F2N4O/c1-18(22-8-7-21(26)16-23(22)27)31-14-12-30(13-15-31)17-24(32)28-11-9-20-5-2-4-19-6-3-10-29-25(19)20/h2-8,10,16,18H,9,11-15,17H2,1H3,(H,28,32). The predicted octanol–water partition coefficient (Wildman–Crippen LogP) is 3.55. The number of hydrogen-bond donors (Lipinski definition) is 1. The molecule has 0 spiro atoms. The van der Waals surface area contributed by atoms with Crippen molar-refractivity contribution in [3.05, 3.63) is 77.5 Å². The third-order valence-electron chi connectivity index (χ3n) is 6.17. The summed E-state index contributed by atoms with van der Waals surface area (Å²) in [7, 11) is 0. The van der Waals surface area contributed by atoms with Crippen LogP contribution in [-0.4, -0.2) is 60.0 Å². The molecule has 0 radical (unpaired) electrons. The quantitative estimate of drug-likeness (QED) is 0.613. The first-order valence-electron chi connectivity index (χ1n) is 11.0. The lowest BCUT2D eigenvalue weighted by molar-refractivity contribution is -0.122. The van der Waals surface area contributed by atoms with Crippen molar-refractivity contribution in [1.82, 2.24) is 20.1 Å². The number of benzene rings is 2. The number of carbonyl (C=O) groups is 1. The number of nitrogens with one attached hydrogen (secondary N) is 1. The lowest BCUT2D eigenvalue weighted by atomic mass is 10.1. The molecule has 1 saturated heterocycles. The molecule has 1 aliphatic rings. The highest BCUT2D eigenvalue weighted by Crippen LogP contribution is 2.24. The van der Waals surface area contributed by atoms with Crippen LogP contribution in [0.4, 0.5) is 8.78 Å². The van der Waals surface area contributed by atoms with Crippen molar-refractivity contribution in [2.45, 2.75) is 19.4 Å². The molecule has 1 amide bonds. The van der Waals surface area contributed by atoms with Crippen LogP contribution in [0.3, 0.4) is 0 Å². The summed E-state index contributed by atoms with van der Waals surface area (Å²) in [6, 6.07) is 13.7.